The van der Waals surface area contributed by atoms with Crippen molar-refractivity contribution in [1.29, 1.82) is 0 Å². The van der Waals surface area contributed by atoms with E-state index in [1.54, 1.807) is 17.0 Å². The van der Waals surface area contributed by atoms with Crippen molar-refractivity contribution in [2.45, 2.75) is 33.2 Å². The van der Waals surface area contributed by atoms with Gasteiger partial charge in [0.05, 0.1) is 18.3 Å². The van der Waals surface area contributed by atoms with Gasteiger partial charge >= 0.3 is 6.03 Å². The van der Waals surface area contributed by atoms with E-state index in [0.29, 0.717) is 24.6 Å². The van der Waals surface area contributed by atoms with Crippen LogP contribution in [0.3, 0.4) is 0 Å². The lowest BCUT2D eigenvalue weighted by atomic mass is 10.1. The van der Waals surface area contributed by atoms with Gasteiger partial charge in [-0.25, -0.2) is 4.79 Å². The molecule has 3 rings (SSSR count). The third-order valence-electron chi connectivity index (χ3n) is 4.70. The molecule has 0 saturated carbocycles. The first kappa shape index (κ1) is 18.8. The van der Waals surface area contributed by atoms with Gasteiger partial charge in [0, 0.05) is 18.7 Å². The highest BCUT2D eigenvalue weighted by Gasteiger charge is 2.31. The molecule has 1 aliphatic heterocycles. The van der Waals surface area contributed by atoms with Crippen molar-refractivity contribution in [3.05, 3.63) is 53.6 Å². The van der Waals surface area contributed by atoms with Crippen LogP contribution >= 0.6 is 0 Å². The Labute approximate surface area is 159 Å². The molecular weight excluding hydrogens is 342 g/mol. The first-order valence-electron chi connectivity index (χ1n) is 9.15. The number of carbonyl (C=O) groups is 2. The van der Waals surface area contributed by atoms with Crippen LogP contribution in [0.1, 0.15) is 24.5 Å². The molecule has 1 fully saturated rings. The van der Waals surface area contributed by atoms with Crippen LogP contribution in [-0.2, 0) is 4.79 Å². The number of anilines is 2. The fourth-order valence-corrected chi connectivity index (χ4v) is 3.14. The number of hydrogen-bond acceptors (Lipinski definition) is 3. The predicted octanol–water partition coefficient (Wildman–Crippen LogP) is 3.63. The molecule has 0 aromatic heterocycles. The number of aryl methyl sites for hydroxylation is 2. The molecule has 142 valence electrons. The van der Waals surface area contributed by atoms with Crippen molar-refractivity contribution in [3.8, 4) is 5.75 Å². The van der Waals surface area contributed by atoms with Crippen LogP contribution in [0.4, 0.5) is 16.2 Å². The first-order chi connectivity index (χ1) is 13.0. The Bertz CT molecular complexity index is 850. The minimum Gasteiger partial charge on any atom is -0.492 e. The average molecular weight is 367 g/mol. The van der Waals surface area contributed by atoms with Crippen molar-refractivity contribution < 1.29 is 14.3 Å². The van der Waals surface area contributed by atoms with E-state index in [1.807, 2.05) is 51.1 Å². The number of rotatable bonds is 5. The minimum absolute atomic E-state index is 0.0123. The van der Waals surface area contributed by atoms with Crippen LogP contribution in [-0.4, -0.2) is 31.1 Å². The largest absolute Gasteiger partial charge is 0.492 e. The number of nitrogens with zero attached hydrogens (tertiary/aromatic N) is 1. The van der Waals surface area contributed by atoms with E-state index in [0.717, 1.165) is 11.3 Å². The van der Waals surface area contributed by atoms with Gasteiger partial charge in [-0.15, -0.1) is 0 Å². The van der Waals surface area contributed by atoms with Gasteiger partial charge in [0.15, 0.2) is 0 Å². The molecule has 27 heavy (non-hydrogen) atoms. The number of benzene rings is 2. The van der Waals surface area contributed by atoms with Crippen molar-refractivity contribution in [2.24, 2.45) is 0 Å². The van der Waals surface area contributed by atoms with Crippen molar-refractivity contribution >= 4 is 23.3 Å². The van der Waals surface area contributed by atoms with Gasteiger partial charge in [0.25, 0.3) is 0 Å². The zero-order chi connectivity index (χ0) is 19.4. The molecule has 6 nitrogen and oxygen atoms in total. The molecule has 6 heteroatoms. The van der Waals surface area contributed by atoms with Gasteiger partial charge in [0.1, 0.15) is 5.75 Å². The summed E-state index contributed by atoms with van der Waals surface area (Å²) in [6.45, 7) is 6.94. The monoisotopic (exact) mass is 367 g/mol. The summed E-state index contributed by atoms with van der Waals surface area (Å²) in [5, 5.41) is 5.69. The molecule has 3 amide bonds. The van der Waals surface area contributed by atoms with E-state index in [1.165, 1.54) is 5.56 Å². The second kappa shape index (κ2) is 8.12. The zero-order valence-corrected chi connectivity index (χ0v) is 15.9. The number of carbonyl (C=O) groups excluding carboxylic acids is 2. The quantitative estimate of drug-likeness (QED) is 0.848. The summed E-state index contributed by atoms with van der Waals surface area (Å²) in [6.07, 6.45) is 0.285. The number of para-hydroxylation sites is 2. The van der Waals surface area contributed by atoms with E-state index in [9.17, 15) is 9.59 Å². The van der Waals surface area contributed by atoms with Crippen LogP contribution in [0, 0.1) is 13.8 Å². The molecule has 1 saturated heterocycles. The highest BCUT2D eigenvalue weighted by molar-refractivity contribution is 5.98. The number of hydrogen-bond donors (Lipinski definition) is 2. The smallest absolute Gasteiger partial charge is 0.319 e. The molecule has 1 aliphatic rings. The topological polar surface area (TPSA) is 70.7 Å². The zero-order valence-electron chi connectivity index (χ0n) is 15.9. The summed E-state index contributed by atoms with van der Waals surface area (Å²) in [7, 11) is 0. The van der Waals surface area contributed by atoms with Gasteiger partial charge in [-0.3, -0.25) is 4.79 Å². The maximum Gasteiger partial charge on any atom is 0.319 e. The molecule has 0 spiro atoms. The Kier molecular flexibility index (Phi) is 5.64. The molecule has 2 N–H and O–H groups in total. The SMILES string of the molecule is CCOc1ccccc1NC(=O)NC1CC(=O)N(c2ccc(C)c(C)c2)C1. The molecule has 1 heterocycles. The number of ether oxygens (including phenoxy) is 1. The summed E-state index contributed by atoms with van der Waals surface area (Å²) in [5.74, 6) is 0.632. The molecule has 2 aromatic rings. The Morgan fingerprint density at radius 2 is 1.96 bits per heavy atom. The lowest BCUT2D eigenvalue weighted by Gasteiger charge is -2.19. The second-order valence-corrected chi connectivity index (χ2v) is 6.70. The van der Waals surface area contributed by atoms with E-state index in [2.05, 4.69) is 10.6 Å². The van der Waals surface area contributed by atoms with E-state index in [4.69, 9.17) is 4.74 Å². The van der Waals surface area contributed by atoms with Crippen LogP contribution in [0.15, 0.2) is 42.5 Å². The number of nitrogens with one attached hydrogen (secondary N) is 2. The fraction of sp³-hybridized carbons (Fsp3) is 0.333. The third-order valence-corrected chi connectivity index (χ3v) is 4.70. The summed E-state index contributed by atoms with van der Waals surface area (Å²) in [5.41, 5.74) is 3.80. The van der Waals surface area contributed by atoms with Crippen LogP contribution in [0.5, 0.6) is 5.75 Å². The van der Waals surface area contributed by atoms with Crippen molar-refractivity contribution in [2.75, 3.05) is 23.4 Å². The van der Waals surface area contributed by atoms with Gasteiger partial charge in [-0.05, 0) is 56.2 Å². The highest BCUT2D eigenvalue weighted by atomic mass is 16.5. The molecule has 0 bridgehead atoms. The molecule has 1 atom stereocenters. The Hall–Kier alpha value is -3.02. The maximum atomic E-state index is 12.4. The van der Waals surface area contributed by atoms with E-state index >= 15 is 0 Å². The molecule has 0 aliphatic carbocycles. The number of urea groups is 1. The normalized spacial score (nSPS) is 16.3. The molecule has 2 aromatic carbocycles. The molecule has 1 unspecified atom stereocenters. The Morgan fingerprint density at radius 1 is 1.19 bits per heavy atom. The average Bonchev–Trinajstić information content (AvgIpc) is 2.99. The van der Waals surface area contributed by atoms with Gasteiger partial charge in [0.2, 0.25) is 5.91 Å². The lowest BCUT2D eigenvalue weighted by Crippen LogP contribution is -2.39. The summed E-state index contributed by atoms with van der Waals surface area (Å²) in [6, 6.07) is 12.7. The van der Waals surface area contributed by atoms with Gasteiger partial charge in [-0.2, -0.15) is 0 Å². The maximum absolute atomic E-state index is 12.4. The fourth-order valence-electron chi connectivity index (χ4n) is 3.14. The van der Waals surface area contributed by atoms with Crippen molar-refractivity contribution in [3.63, 3.8) is 0 Å². The van der Waals surface area contributed by atoms with Crippen LogP contribution < -0.4 is 20.3 Å². The summed E-state index contributed by atoms with van der Waals surface area (Å²) < 4.78 is 5.52. The Balaban J connectivity index is 1.62. The van der Waals surface area contributed by atoms with Crippen LogP contribution in [0.2, 0.25) is 0 Å². The van der Waals surface area contributed by atoms with Gasteiger partial charge < -0.3 is 20.3 Å². The minimum atomic E-state index is -0.345. The first-order valence-corrected chi connectivity index (χ1v) is 9.15. The van der Waals surface area contributed by atoms with E-state index in [-0.39, 0.29) is 24.4 Å². The predicted molar refractivity (Wildman–Crippen MR) is 106 cm³/mol. The van der Waals surface area contributed by atoms with Crippen LogP contribution in [0.25, 0.3) is 0 Å². The summed E-state index contributed by atoms with van der Waals surface area (Å²) >= 11 is 0. The van der Waals surface area contributed by atoms with E-state index < -0.39 is 0 Å². The lowest BCUT2D eigenvalue weighted by molar-refractivity contribution is -0.117. The number of amides is 3. The summed E-state index contributed by atoms with van der Waals surface area (Å²) in [4.78, 5) is 26.5. The van der Waals surface area contributed by atoms with Crippen molar-refractivity contribution in [1.82, 2.24) is 5.32 Å². The third kappa shape index (κ3) is 4.39. The molecule has 0 radical (unpaired) electrons. The standard InChI is InChI=1S/C21H25N3O3/c1-4-27-19-8-6-5-7-18(19)23-21(26)22-16-12-20(25)24(13-16)17-10-9-14(2)15(3)11-17/h5-11,16H,4,12-13H2,1-3H3,(H2,22,23,26). The van der Waals surface area contributed by atoms with Gasteiger partial charge in [-0.1, -0.05) is 18.2 Å². The molecular formula is C21H25N3O3. The second-order valence-electron chi connectivity index (χ2n) is 6.70. The highest BCUT2D eigenvalue weighted by Crippen LogP contribution is 2.25. The Morgan fingerprint density at radius 3 is 2.70 bits per heavy atom.